The minimum Gasteiger partial charge on any atom is -0.489 e. The summed E-state index contributed by atoms with van der Waals surface area (Å²) < 4.78 is 6.10. The molecule has 7 heteroatoms. The van der Waals surface area contributed by atoms with Crippen LogP contribution in [0.3, 0.4) is 0 Å². The fourth-order valence-electron chi connectivity index (χ4n) is 3.60. The first-order valence-electron chi connectivity index (χ1n) is 10.2. The molecule has 6 nitrogen and oxygen atoms in total. The first-order chi connectivity index (χ1) is 14.2. The molecule has 1 aliphatic rings. The zero-order chi connectivity index (χ0) is 22.3. The molecule has 1 aliphatic heterocycles. The van der Waals surface area contributed by atoms with Crippen LogP contribution in [0.2, 0.25) is 5.02 Å². The summed E-state index contributed by atoms with van der Waals surface area (Å²) in [6.45, 7) is 11.9. The average Bonchev–Trinajstić information content (AvgIpc) is 2.70. The number of benzene rings is 1. The van der Waals surface area contributed by atoms with Crippen LogP contribution in [0.25, 0.3) is 0 Å². The Bertz CT molecular complexity index is 777. The largest absolute Gasteiger partial charge is 0.489 e. The van der Waals surface area contributed by atoms with Gasteiger partial charge in [0.25, 0.3) is 5.91 Å². The molecule has 1 atom stereocenters. The number of carbonyl (C=O) groups is 2. The Kier molecular flexibility index (Phi) is 8.50. The number of hydrogen-bond acceptors (Lipinski definition) is 4. The lowest BCUT2D eigenvalue weighted by atomic mass is 9.88. The van der Waals surface area contributed by atoms with Crippen molar-refractivity contribution in [2.24, 2.45) is 0 Å². The van der Waals surface area contributed by atoms with Crippen LogP contribution in [0, 0.1) is 0 Å². The lowest BCUT2D eigenvalue weighted by Gasteiger charge is -2.34. The van der Waals surface area contributed by atoms with Gasteiger partial charge in [-0.3, -0.25) is 9.59 Å². The first kappa shape index (κ1) is 24.0. The second-order valence-electron chi connectivity index (χ2n) is 7.75. The Hall–Kier alpha value is -2.31. The highest BCUT2D eigenvalue weighted by Gasteiger charge is 2.33. The van der Waals surface area contributed by atoms with E-state index >= 15 is 0 Å². The van der Waals surface area contributed by atoms with E-state index in [-0.39, 0.29) is 17.9 Å². The summed E-state index contributed by atoms with van der Waals surface area (Å²) in [5.74, 6) is 0.106. The monoisotopic (exact) mass is 434 g/mol. The number of amides is 2. The Balaban J connectivity index is 2.14. The predicted octanol–water partition coefficient (Wildman–Crippen LogP) is 3.73. The molecule has 1 aromatic carbocycles. The molecule has 0 aromatic heterocycles. The maximum atomic E-state index is 13.0. The Morgan fingerprint density at radius 1 is 1.33 bits per heavy atom. The summed E-state index contributed by atoms with van der Waals surface area (Å²) in [7, 11) is 0. The summed E-state index contributed by atoms with van der Waals surface area (Å²) >= 11 is 6.13. The number of nitrogens with zero attached hydrogens (tertiary/aromatic N) is 1. The molecule has 0 aliphatic carbocycles. The zero-order valence-corrected chi connectivity index (χ0v) is 18.5. The number of halogens is 1. The molecule has 1 heterocycles. The van der Waals surface area contributed by atoms with E-state index in [1.165, 1.54) is 0 Å². The predicted molar refractivity (Wildman–Crippen MR) is 119 cm³/mol. The molecule has 30 heavy (non-hydrogen) atoms. The summed E-state index contributed by atoms with van der Waals surface area (Å²) in [5, 5.41) is 14.2. The summed E-state index contributed by atoms with van der Waals surface area (Å²) in [6, 6.07) is 4.36. The van der Waals surface area contributed by atoms with Crippen molar-refractivity contribution in [3.8, 4) is 5.75 Å². The second kappa shape index (κ2) is 10.6. The van der Waals surface area contributed by atoms with E-state index in [0.717, 1.165) is 0 Å². The molecule has 164 valence electrons. The molecule has 0 bridgehead atoms. The minimum atomic E-state index is -1.18. The van der Waals surface area contributed by atoms with E-state index in [0.29, 0.717) is 55.1 Å². The molecule has 1 fully saturated rings. The molecule has 0 spiro atoms. The standard InChI is InChI=1S/C23H31ClN2O4/c1-5-11-23(29,12-6-2)16(3)25-22(28)20-15-18(24)7-8-21(20)30-19-9-13-26(14-10-19)17(4)27/h5-8,15-16,19,29H,1-2,9-14H2,3-4H3,(H,25,28). The maximum Gasteiger partial charge on any atom is 0.255 e. The first-order valence-corrected chi connectivity index (χ1v) is 10.5. The quantitative estimate of drug-likeness (QED) is 0.580. The normalized spacial score (nSPS) is 15.9. The van der Waals surface area contributed by atoms with E-state index in [1.807, 2.05) is 0 Å². The van der Waals surface area contributed by atoms with Crippen molar-refractivity contribution < 1.29 is 19.4 Å². The number of hydrogen-bond donors (Lipinski definition) is 2. The number of nitrogens with one attached hydrogen (secondary N) is 1. The topological polar surface area (TPSA) is 78.9 Å². The van der Waals surface area contributed by atoms with Crippen molar-refractivity contribution in [1.29, 1.82) is 0 Å². The minimum absolute atomic E-state index is 0.0560. The van der Waals surface area contributed by atoms with Crippen LogP contribution >= 0.6 is 11.6 Å². The van der Waals surface area contributed by atoms with Crippen LogP contribution in [-0.2, 0) is 4.79 Å². The molecule has 2 rings (SSSR count). The van der Waals surface area contributed by atoms with E-state index in [9.17, 15) is 14.7 Å². The van der Waals surface area contributed by atoms with Crippen molar-refractivity contribution in [3.63, 3.8) is 0 Å². The van der Waals surface area contributed by atoms with Gasteiger partial charge in [-0.05, 0) is 38.0 Å². The smallest absolute Gasteiger partial charge is 0.255 e. The van der Waals surface area contributed by atoms with Crippen LogP contribution < -0.4 is 10.1 Å². The van der Waals surface area contributed by atoms with E-state index in [4.69, 9.17) is 16.3 Å². The van der Waals surface area contributed by atoms with Crippen LogP contribution in [0.15, 0.2) is 43.5 Å². The number of piperidine rings is 1. The molecule has 1 saturated heterocycles. The molecule has 2 amide bonds. The SMILES string of the molecule is C=CCC(O)(CC=C)C(C)NC(=O)c1cc(Cl)ccc1OC1CCN(C(C)=O)CC1. The third kappa shape index (κ3) is 6.09. The summed E-state index contributed by atoms with van der Waals surface area (Å²) in [6.07, 6.45) is 5.16. The number of aliphatic hydroxyl groups is 1. The molecule has 1 aromatic rings. The molecule has 1 unspecified atom stereocenters. The van der Waals surface area contributed by atoms with Gasteiger partial charge in [0.05, 0.1) is 17.2 Å². The highest BCUT2D eigenvalue weighted by atomic mass is 35.5. The molecule has 0 saturated carbocycles. The number of rotatable bonds is 9. The van der Waals surface area contributed by atoms with Gasteiger partial charge in [0, 0.05) is 37.9 Å². The Labute approximate surface area is 183 Å². The average molecular weight is 435 g/mol. The van der Waals surface area contributed by atoms with Crippen molar-refractivity contribution in [1.82, 2.24) is 10.2 Å². The van der Waals surface area contributed by atoms with E-state index in [1.54, 1.807) is 49.1 Å². The van der Waals surface area contributed by atoms with Crippen LogP contribution in [0.4, 0.5) is 0 Å². The van der Waals surface area contributed by atoms with Gasteiger partial charge < -0.3 is 20.1 Å². The van der Waals surface area contributed by atoms with Gasteiger partial charge in [0.2, 0.25) is 5.91 Å². The van der Waals surface area contributed by atoms with Gasteiger partial charge in [-0.25, -0.2) is 0 Å². The van der Waals surface area contributed by atoms with Crippen LogP contribution in [0.1, 0.15) is 49.9 Å². The highest BCUT2D eigenvalue weighted by molar-refractivity contribution is 6.31. The van der Waals surface area contributed by atoms with E-state index < -0.39 is 11.6 Å². The van der Waals surface area contributed by atoms with Gasteiger partial charge in [-0.15, -0.1) is 13.2 Å². The Morgan fingerprint density at radius 2 is 1.93 bits per heavy atom. The van der Waals surface area contributed by atoms with Gasteiger partial charge in [0.1, 0.15) is 11.9 Å². The van der Waals surface area contributed by atoms with Crippen LogP contribution in [-0.4, -0.2) is 52.7 Å². The van der Waals surface area contributed by atoms with Gasteiger partial charge >= 0.3 is 0 Å². The van der Waals surface area contributed by atoms with Gasteiger partial charge in [0.15, 0.2) is 0 Å². The van der Waals surface area contributed by atoms with Crippen molar-refractivity contribution in [2.75, 3.05) is 13.1 Å². The summed E-state index contributed by atoms with van der Waals surface area (Å²) in [5.41, 5.74) is -0.874. The maximum absolute atomic E-state index is 13.0. The Morgan fingerprint density at radius 3 is 2.47 bits per heavy atom. The van der Waals surface area contributed by atoms with E-state index in [2.05, 4.69) is 18.5 Å². The second-order valence-corrected chi connectivity index (χ2v) is 8.18. The van der Waals surface area contributed by atoms with Gasteiger partial charge in [-0.1, -0.05) is 23.8 Å². The molecule has 2 N–H and O–H groups in total. The third-order valence-electron chi connectivity index (χ3n) is 5.52. The van der Waals surface area contributed by atoms with Crippen LogP contribution in [0.5, 0.6) is 5.75 Å². The van der Waals surface area contributed by atoms with Crippen molar-refractivity contribution >= 4 is 23.4 Å². The fourth-order valence-corrected chi connectivity index (χ4v) is 3.77. The lowest BCUT2D eigenvalue weighted by Crippen LogP contribution is -2.50. The highest BCUT2D eigenvalue weighted by Crippen LogP contribution is 2.28. The molecular formula is C23H31ClN2O4. The zero-order valence-electron chi connectivity index (χ0n) is 17.7. The number of ether oxygens (including phenoxy) is 1. The molecule has 0 radical (unpaired) electrons. The summed E-state index contributed by atoms with van der Waals surface area (Å²) in [4.78, 5) is 26.3. The third-order valence-corrected chi connectivity index (χ3v) is 5.75. The number of likely N-dealkylation sites (tertiary alicyclic amines) is 1. The number of carbonyl (C=O) groups excluding carboxylic acids is 2. The fraction of sp³-hybridized carbons (Fsp3) is 0.478. The van der Waals surface area contributed by atoms with Gasteiger partial charge in [-0.2, -0.15) is 0 Å². The molecular weight excluding hydrogens is 404 g/mol. The van der Waals surface area contributed by atoms with Crippen molar-refractivity contribution in [2.45, 2.75) is 57.3 Å². The lowest BCUT2D eigenvalue weighted by molar-refractivity contribution is -0.130. The van der Waals surface area contributed by atoms with Crippen molar-refractivity contribution in [3.05, 3.63) is 54.1 Å².